The van der Waals surface area contributed by atoms with Crippen molar-refractivity contribution in [3.8, 4) is 23.0 Å². The highest BCUT2D eigenvalue weighted by atomic mass is 16.7. The molecule has 12 heteroatoms. The molecule has 5 aromatic rings. The highest BCUT2D eigenvalue weighted by Crippen LogP contribution is 2.50. The maximum atomic E-state index is 13.7. The zero-order chi connectivity index (χ0) is 38.2. The molecule has 286 valence electrons. The Labute approximate surface area is 318 Å². The van der Waals surface area contributed by atoms with E-state index < -0.39 is 24.1 Å². The summed E-state index contributed by atoms with van der Waals surface area (Å²) in [5.41, 5.74) is 4.56. The third-order valence-electron chi connectivity index (χ3n) is 11.6. The first-order valence-corrected chi connectivity index (χ1v) is 18.6. The molecule has 3 aliphatic rings. The fraction of sp³-hybridized carbons (Fsp3) is 0.372. The minimum Gasteiger partial charge on any atom is -0.497 e. The summed E-state index contributed by atoms with van der Waals surface area (Å²) in [4.78, 5) is 46.1. The number of esters is 2. The first-order valence-electron chi connectivity index (χ1n) is 18.6. The molecule has 1 aromatic heterocycles. The molecule has 3 heterocycles. The van der Waals surface area contributed by atoms with Crippen molar-refractivity contribution in [3.05, 3.63) is 95.2 Å². The number of hydrogen-bond acceptors (Lipinski definition) is 11. The van der Waals surface area contributed by atoms with Gasteiger partial charge in [0, 0.05) is 35.8 Å². The summed E-state index contributed by atoms with van der Waals surface area (Å²) in [6.45, 7) is 1.67. The molecule has 1 aliphatic carbocycles. The second-order valence-electron chi connectivity index (χ2n) is 14.5. The monoisotopic (exact) mass is 748 g/mol. The number of benzene rings is 4. The largest absolute Gasteiger partial charge is 0.514 e. The van der Waals surface area contributed by atoms with Crippen molar-refractivity contribution in [2.75, 3.05) is 41.5 Å². The van der Waals surface area contributed by atoms with E-state index in [2.05, 4.69) is 16.0 Å². The van der Waals surface area contributed by atoms with Crippen molar-refractivity contribution < 1.29 is 47.5 Å². The third kappa shape index (κ3) is 6.91. The van der Waals surface area contributed by atoms with E-state index in [0.29, 0.717) is 12.8 Å². The summed E-state index contributed by atoms with van der Waals surface area (Å²) in [7, 11) is 5.87. The average molecular weight is 749 g/mol. The molecule has 0 radical (unpaired) electrons. The van der Waals surface area contributed by atoms with Gasteiger partial charge in [-0.05, 0) is 83.7 Å². The van der Waals surface area contributed by atoms with E-state index in [9.17, 15) is 14.4 Å². The Bertz CT molecular complexity index is 2230. The minimum absolute atomic E-state index is 0.0108. The zero-order valence-corrected chi connectivity index (χ0v) is 31.3. The lowest BCUT2D eigenvalue weighted by molar-refractivity contribution is -0.155. The average Bonchev–Trinajstić information content (AvgIpc) is 3.59. The van der Waals surface area contributed by atoms with Crippen LogP contribution in [0.4, 0.5) is 4.79 Å². The van der Waals surface area contributed by atoms with Gasteiger partial charge in [0.15, 0.2) is 11.5 Å². The number of ether oxygens (including phenoxy) is 7. The van der Waals surface area contributed by atoms with Crippen LogP contribution in [0.1, 0.15) is 52.5 Å². The van der Waals surface area contributed by atoms with Crippen molar-refractivity contribution in [2.45, 2.75) is 44.4 Å². The van der Waals surface area contributed by atoms with Gasteiger partial charge in [-0.15, -0.1) is 0 Å². The van der Waals surface area contributed by atoms with Crippen LogP contribution in [-0.4, -0.2) is 75.6 Å². The maximum Gasteiger partial charge on any atom is 0.514 e. The first-order chi connectivity index (χ1) is 26.8. The molecule has 55 heavy (non-hydrogen) atoms. The molecular weight excluding hydrogens is 704 g/mol. The Morgan fingerprint density at radius 3 is 2.38 bits per heavy atom. The highest BCUT2D eigenvalue weighted by molar-refractivity contribution is 5.92. The van der Waals surface area contributed by atoms with Crippen molar-refractivity contribution in [1.82, 2.24) is 9.88 Å². The Kier molecular flexibility index (Phi) is 10.00. The van der Waals surface area contributed by atoms with Crippen molar-refractivity contribution in [3.63, 3.8) is 0 Å². The molecule has 1 N–H and O–H groups in total. The van der Waals surface area contributed by atoms with E-state index in [1.165, 1.54) is 50.1 Å². The Morgan fingerprint density at radius 2 is 1.62 bits per heavy atom. The summed E-state index contributed by atoms with van der Waals surface area (Å²) in [6, 6.07) is 22.8. The van der Waals surface area contributed by atoms with Gasteiger partial charge in [0.2, 0.25) is 5.75 Å². The molecule has 2 fully saturated rings. The molecule has 1 saturated heterocycles. The number of aromatic amines is 1. The van der Waals surface area contributed by atoms with Crippen LogP contribution in [0.2, 0.25) is 0 Å². The summed E-state index contributed by atoms with van der Waals surface area (Å²) in [5.74, 6) is -0.211. The molecule has 0 bridgehead atoms. The number of carbonyl (C=O) groups is 3. The van der Waals surface area contributed by atoms with Crippen LogP contribution in [0.5, 0.6) is 23.0 Å². The van der Waals surface area contributed by atoms with Gasteiger partial charge >= 0.3 is 18.1 Å². The molecule has 12 nitrogen and oxygen atoms in total. The van der Waals surface area contributed by atoms with Crippen LogP contribution in [0, 0.1) is 17.8 Å². The van der Waals surface area contributed by atoms with E-state index in [-0.39, 0.29) is 53.3 Å². The number of piperidine rings is 1. The summed E-state index contributed by atoms with van der Waals surface area (Å²) < 4.78 is 39.0. The maximum absolute atomic E-state index is 13.7. The van der Waals surface area contributed by atoms with E-state index in [1.807, 2.05) is 54.6 Å². The van der Waals surface area contributed by atoms with E-state index in [0.717, 1.165) is 53.5 Å². The zero-order valence-electron chi connectivity index (χ0n) is 31.3. The number of fused-ring (bicyclic) bond motifs is 7. The van der Waals surface area contributed by atoms with Gasteiger partial charge in [-0.2, -0.15) is 0 Å². The molecule has 0 amide bonds. The number of H-pyrrole nitrogens is 1. The number of nitrogens with one attached hydrogen (secondary N) is 1. The van der Waals surface area contributed by atoms with Gasteiger partial charge in [0.25, 0.3) is 0 Å². The second kappa shape index (κ2) is 15.2. The molecule has 4 aromatic carbocycles. The van der Waals surface area contributed by atoms with Crippen LogP contribution in [0.15, 0.2) is 72.8 Å². The molecular formula is C43H44N2O10. The number of carbonyl (C=O) groups excluding carboxylic acids is 3. The summed E-state index contributed by atoms with van der Waals surface area (Å²) in [5, 5.41) is 3.20. The lowest BCUT2D eigenvalue weighted by atomic mass is 9.65. The Morgan fingerprint density at radius 1 is 0.836 bits per heavy atom. The van der Waals surface area contributed by atoms with Gasteiger partial charge in [0.05, 0.1) is 46.0 Å². The molecule has 0 spiro atoms. The van der Waals surface area contributed by atoms with Crippen LogP contribution in [-0.2, 0) is 32.0 Å². The van der Waals surface area contributed by atoms with Gasteiger partial charge in [-0.3, -0.25) is 9.69 Å². The molecule has 5 unspecified atom stereocenters. The van der Waals surface area contributed by atoms with Gasteiger partial charge in [-0.1, -0.05) is 42.5 Å². The van der Waals surface area contributed by atoms with E-state index in [4.69, 9.17) is 33.2 Å². The fourth-order valence-electron chi connectivity index (χ4n) is 9.04. The van der Waals surface area contributed by atoms with Gasteiger partial charge in [0.1, 0.15) is 18.5 Å². The van der Waals surface area contributed by atoms with E-state index >= 15 is 0 Å². The third-order valence-corrected chi connectivity index (χ3v) is 11.6. The lowest BCUT2D eigenvalue weighted by Crippen LogP contribution is -2.52. The summed E-state index contributed by atoms with van der Waals surface area (Å²) >= 11 is 0. The molecule has 8 rings (SSSR count). The van der Waals surface area contributed by atoms with E-state index in [1.54, 1.807) is 7.11 Å². The fourth-order valence-corrected chi connectivity index (χ4v) is 9.04. The molecule has 5 atom stereocenters. The van der Waals surface area contributed by atoms with Crippen molar-refractivity contribution in [1.29, 1.82) is 0 Å². The normalized spacial score (nSPS) is 21.8. The Balaban J connectivity index is 0.964. The highest BCUT2D eigenvalue weighted by Gasteiger charge is 2.49. The number of aromatic nitrogens is 1. The van der Waals surface area contributed by atoms with Crippen molar-refractivity contribution >= 4 is 39.8 Å². The molecule has 2 aliphatic heterocycles. The van der Waals surface area contributed by atoms with Crippen molar-refractivity contribution in [2.24, 2.45) is 17.8 Å². The number of nitrogens with zero attached hydrogens (tertiary/aromatic N) is 1. The second-order valence-corrected chi connectivity index (χ2v) is 14.5. The minimum atomic E-state index is -0.963. The van der Waals surface area contributed by atoms with Crippen LogP contribution < -0.4 is 18.9 Å². The predicted octanol–water partition coefficient (Wildman–Crippen LogP) is 7.41. The SMILES string of the molecule is COC(=O)C1CC(OC(=O)c2cc(OC)c(OC(=O)OCc3cccc4ccccc34)c(OC)c2)CC2CN3CCc4c([nH]c5cc(OC)ccc45)C3CC21. The number of rotatable bonds is 9. The number of hydrogen-bond donors (Lipinski definition) is 1. The lowest BCUT2D eigenvalue weighted by Gasteiger charge is -2.51. The quantitative estimate of drug-likeness (QED) is 0.0918. The summed E-state index contributed by atoms with van der Waals surface area (Å²) in [6.07, 6.45) is 1.19. The number of methoxy groups -OCH3 is 4. The topological polar surface area (TPSA) is 135 Å². The van der Waals surface area contributed by atoms with Crippen LogP contribution in [0.25, 0.3) is 21.7 Å². The Hall–Kier alpha value is -5.75. The standard InChI is InChI=1S/C43H44N2O10/c1-49-28-12-13-31-32-14-15-45-22-27-16-29(19-34(42(47)52-4)33(27)21-36(45)39(32)44-35(31)20-28)54-41(46)26-17-37(50-2)40(38(18-26)51-3)55-43(48)53-23-25-10-7-9-24-8-5-6-11-30(24)25/h5-13,17-18,20,27,29,33-34,36,44H,14-16,19,21-23H2,1-4H3. The smallest absolute Gasteiger partial charge is 0.497 e. The van der Waals surface area contributed by atoms with Crippen LogP contribution in [0.3, 0.4) is 0 Å². The predicted molar refractivity (Wildman–Crippen MR) is 203 cm³/mol. The van der Waals surface area contributed by atoms with Crippen LogP contribution >= 0.6 is 0 Å². The molecule has 1 saturated carbocycles. The van der Waals surface area contributed by atoms with Gasteiger partial charge < -0.3 is 38.1 Å². The first kappa shape index (κ1) is 36.2. The van der Waals surface area contributed by atoms with Gasteiger partial charge in [-0.25, -0.2) is 9.59 Å².